The molecule has 1 heterocycles. The second kappa shape index (κ2) is 5.87. The number of rotatable bonds is 2. The van der Waals surface area contributed by atoms with Gasteiger partial charge in [-0.25, -0.2) is 0 Å². The van der Waals surface area contributed by atoms with Gasteiger partial charge in [0.15, 0.2) is 6.10 Å². The fourth-order valence-corrected chi connectivity index (χ4v) is 1.62. The Kier molecular flexibility index (Phi) is 4.76. The van der Waals surface area contributed by atoms with Crippen molar-refractivity contribution in [1.82, 2.24) is 0 Å². The average molecular weight is 227 g/mol. The first-order valence-corrected chi connectivity index (χ1v) is 4.89. The van der Waals surface area contributed by atoms with Gasteiger partial charge in [-0.3, -0.25) is 4.79 Å². The molecule has 1 aliphatic heterocycles. The predicted octanol–water partition coefficient (Wildman–Crippen LogP) is -3.83. The van der Waals surface area contributed by atoms with Gasteiger partial charge in [-0.15, -0.1) is 0 Å². The first-order valence-electron chi connectivity index (χ1n) is 4.89. The second-order valence-electron chi connectivity index (χ2n) is 3.40. The zero-order valence-corrected chi connectivity index (χ0v) is 9.46. The number of carboxylic acids is 1. The average Bonchev–Trinajstić information content (AvgIpc) is 2.30. The third kappa shape index (κ3) is 2.89. The van der Waals surface area contributed by atoms with Crippen molar-refractivity contribution < 1.29 is 38.3 Å². The van der Waals surface area contributed by atoms with Gasteiger partial charge in [0.25, 0.3) is 5.91 Å². The smallest absolute Gasteiger partial charge is 0.547 e. The molecule has 0 bridgehead atoms. The number of amides is 1. The van der Waals surface area contributed by atoms with E-state index in [1.807, 2.05) is 6.07 Å². The van der Waals surface area contributed by atoms with Crippen LogP contribution in [0.5, 0.6) is 0 Å². The maximum atomic E-state index is 11.7. The summed E-state index contributed by atoms with van der Waals surface area (Å²) in [7, 11) is 0. The summed E-state index contributed by atoms with van der Waals surface area (Å²) in [6, 6.07) is 8.88. The number of morpholine rings is 1. The fraction of sp³-hybridized carbons (Fsp3) is 0.273. The van der Waals surface area contributed by atoms with Gasteiger partial charge in [0.2, 0.25) is 0 Å². The van der Waals surface area contributed by atoms with Gasteiger partial charge in [0.05, 0.1) is 12.6 Å². The number of hydrogen-bond donors (Lipinski definition) is 0. The first kappa shape index (κ1) is 13.8. The number of nitrogens with zero attached hydrogens (tertiary/aromatic N) is 1. The molecule has 1 fully saturated rings. The van der Waals surface area contributed by atoms with E-state index in [9.17, 15) is 14.7 Å². The molecule has 1 atom stereocenters. The second-order valence-corrected chi connectivity index (χ2v) is 3.40. The van der Waals surface area contributed by atoms with Gasteiger partial charge in [0.1, 0.15) is 0 Å². The van der Waals surface area contributed by atoms with Crippen LogP contribution in [-0.4, -0.2) is 31.1 Å². The van der Waals surface area contributed by atoms with Gasteiger partial charge in [-0.2, -0.15) is 0 Å². The zero-order chi connectivity index (χ0) is 11.5. The number of ether oxygens (including phenoxy) is 1. The van der Waals surface area contributed by atoms with Crippen LogP contribution in [0.4, 0.5) is 5.69 Å². The Balaban J connectivity index is 0.00000144. The first-order chi connectivity index (χ1) is 7.70. The summed E-state index contributed by atoms with van der Waals surface area (Å²) >= 11 is 0. The molecule has 0 aromatic heterocycles. The molecule has 6 heteroatoms. The molecule has 1 aromatic rings. The number of carbonyl (C=O) groups is 2. The summed E-state index contributed by atoms with van der Waals surface area (Å²) in [6.07, 6.45) is -1.49. The summed E-state index contributed by atoms with van der Waals surface area (Å²) in [5, 5.41) is 10.7. The zero-order valence-electron chi connectivity index (χ0n) is 9.46. The van der Waals surface area contributed by atoms with Gasteiger partial charge in [0, 0.05) is 12.2 Å². The summed E-state index contributed by atoms with van der Waals surface area (Å²) in [5.41, 5.74) is 0.669. The number of para-hydroxylation sites is 1. The van der Waals surface area contributed by atoms with E-state index in [1.165, 1.54) is 4.90 Å². The molecule has 1 unspecified atom stereocenters. The number of benzene rings is 1. The maximum Gasteiger partial charge on any atom is 1.00 e. The van der Waals surface area contributed by atoms with Crippen LogP contribution in [0.2, 0.25) is 0 Å². The van der Waals surface area contributed by atoms with Gasteiger partial charge < -0.3 is 19.5 Å². The third-order valence-electron chi connectivity index (χ3n) is 2.37. The predicted molar refractivity (Wildman–Crippen MR) is 53.5 cm³/mol. The summed E-state index contributed by atoms with van der Waals surface area (Å²) < 4.78 is 4.85. The summed E-state index contributed by atoms with van der Waals surface area (Å²) in [6.45, 7) is 0.548. The van der Waals surface area contributed by atoms with Crippen molar-refractivity contribution >= 4 is 17.6 Å². The monoisotopic (exact) mass is 227 g/mol. The normalized spacial score (nSPS) is 19.6. The number of aliphatic carboxylic acids is 1. The molecule has 17 heavy (non-hydrogen) atoms. The van der Waals surface area contributed by atoms with Crippen LogP contribution in [0.15, 0.2) is 30.3 Å². The molecule has 1 saturated heterocycles. The van der Waals surface area contributed by atoms with Crippen molar-refractivity contribution in [1.29, 1.82) is 0 Å². The number of carboxylic acid groups (broad SMARTS) is 1. The fourth-order valence-electron chi connectivity index (χ4n) is 1.62. The van der Waals surface area contributed by atoms with Crippen LogP contribution in [0.3, 0.4) is 0 Å². The van der Waals surface area contributed by atoms with Crippen LogP contribution in [0.1, 0.15) is 0 Å². The Morgan fingerprint density at radius 3 is 2.59 bits per heavy atom. The molecule has 1 aromatic carbocycles. The van der Waals surface area contributed by atoms with E-state index in [0.717, 1.165) is 0 Å². The van der Waals surface area contributed by atoms with E-state index in [1.54, 1.807) is 24.3 Å². The molecule has 0 aliphatic carbocycles. The van der Waals surface area contributed by atoms with Crippen molar-refractivity contribution in [2.24, 2.45) is 0 Å². The third-order valence-corrected chi connectivity index (χ3v) is 2.37. The van der Waals surface area contributed by atoms with Crippen LogP contribution >= 0.6 is 0 Å². The summed E-state index contributed by atoms with van der Waals surface area (Å²) in [5.74, 6) is -2.08. The molecule has 0 N–H and O–H groups in total. The van der Waals surface area contributed by atoms with E-state index in [-0.39, 0.29) is 25.5 Å². The molecule has 0 radical (unpaired) electrons. The molecule has 1 aliphatic rings. The number of anilines is 1. The molecule has 0 saturated carbocycles. The standard InChI is InChI=1S/C11H11NO4.Li/c13-10-9(11(14)15)16-7-6-12(10)8-4-2-1-3-5-8;/h1-5,9H,6-7H2,(H,14,15);/q;+1/p-1. The van der Waals surface area contributed by atoms with Crippen LogP contribution in [-0.2, 0) is 14.3 Å². The van der Waals surface area contributed by atoms with Gasteiger partial charge in [-0.05, 0) is 12.1 Å². The summed E-state index contributed by atoms with van der Waals surface area (Å²) in [4.78, 5) is 23.8. The molecule has 1 amide bonds. The van der Waals surface area contributed by atoms with Gasteiger partial charge in [-0.1, -0.05) is 18.2 Å². The van der Waals surface area contributed by atoms with Gasteiger partial charge >= 0.3 is 18.9 Å². The van der Waals surface area contributed by atoms with E-state index < -0.39 is 18.0 Å². The molecule has 84 valence electrons. The quantitative estimate of drug-likeness (QED) is 0.383. The van der Waals surface area contributed by atoms with Crippen molar-refractivity contribution in [2.45, 2.75) is 6.10 Å². The number of hydrogen-bond acceptors (Lipinski definition) is 4. The minimum Gasteiger partial charge on any atom is -0.547 e. The molecular weight excluding hydrogens is 217 g/mol. The molecule has 2 rings (SSSR count). The Bertz CT molecular complexity index is 409. The van der Waals surface area contributed by atoms with Crippen molar-refractivity contribution in [3.8, 4) is 0 Å². The maximum absolute atomic E-state index is 11.7. The van der Waals surface area contributed by atoms with E-state index in [0.29, 0.717) is 12.2 Å². The molecular formula is C11H10LiNO4. The van der Waals surface area contributed by atoms with Crippen LogP contribution in [0, 0.1) is 0 Å². The van der Waals surface area contributed by atoms with Crippen molar-refractivity contribution in [3.63, 3.8) is 0 Å². The SMILES string of the molecule is O=C([O-])C1OCCN(c2ccccc2)C1=O.[Li+]. The minimum absolute atomic E-state index is 0. The van der Waals surface area contributed by atoms with E-state index >= 15 is 0 Å². The van der Waals surface area contributed by atoms with Crippen molar-refractivity contribution in [2.75, 3.05) is 18.1 Å². The van der Waals surface area contributed by atoms with E-state index in [2.05, 4.69) is 0 Å². The Labute approximate surface area is 111 Å². The van der Waals surface area contributed by atoms with Crippen LogP contribution < -0.4 is 28.9 Å². The molecule has 5 nitrogen and oxygen atoms in total. The van der Waals surface area contributed by atoms with Crippen LogP contribution in [0.25, 0.3) is 0 Å². The minimum atomic E-state index is -1.49. The number of carbonyl (C=O) groups excluding carboxylic acids is 2. The topological polar surface area (TPSA) is 69.7 Å². The Morgan fingerprint density at radius 2 is 2.00 bits per heavy atom. The largest absolute Gasteiger partial charge is 1.00 e. The van der Waals surface area contributed by atoms with E-state index in [4.69, 9.17) is 4.74 Å². The Morgan fingerprint density at radius 1 is 1.35 bits per heavy atom. The Hall–Kier alpha value is -1.28. The van der Waals surface area contributed by atoms with Crippen molar-refractivity contribution in [3.05, 3.63) is 30.3 Å². The molecule has 0 spiro atoms.